The second-order valence-electron chi connectivity index (χ2n) is 7.08. The number of nitrogen functional groups attached to an aromatic ring is 1. The Labute approximate surface area is 203 Å². The Morgan fingerprint density at radius 3 is 2.50 bits per heavy atom. The molecule has 0 aliphatic rings. The van der Waals surface area contributed by atoms with Gasteiger partial charge in [-0.2, -0.15) is 5.26 Å². The van der Waals surface area contributed by atoms with E-state index in [0.29, 0.717) is 22.0 Å². The van der Waals surface area contributed by atoms with Crippen molar-refractivity contribution in [1.29, 1.82) is 5.26 Å². The third kappa shape index (κ3) is 5.23. The highest BCUT2D eigenvalue weighted by Gasteiger charge is 2.17. The van der Waals surface area contributed by atoms with Crippen LogP contribution in [-0.2, 0) is 5.75 Å². The van der Waals surface area contributed by atoms with E-state index in [1.165, 1.54) is 29.2 Å². The lowest BCUT2D eigenvalue weighted by Gasteiger charge is -2.10. The smallest absolute Gasteiger partial charge is 0.259 e. The number of anilines is 2. The number of hydrogen-bond donors (Lipinski definition) is 3. The number of thiazole rings is 1. The molecule has 4 aromatic rings. The molecule has 0 unspecified atom stereocenters. The van der Waals surface area contributed by atoms with Gasteiger partial charge in [0.05, 0.1) is 16.8 Å². The molecule has 0 atom stereocenters. The number of primary amides is 1. The fourth-order valence-electron chi connectivity index (χ4n) is 3.03. The molecule has 0 aliphatic carbocycles. The molecule has 4 rings (SSSR count). The summed E-state index contributed by atoms with van der Waals surface area (Å²) in [6, 6.07) is 19.4. The van der Waals surface area contributed by atoms with E-state index >= 15 is 0 Å². The zero-order valence-corrected chi connectivity index (χ0v) is 19.3. The average molecular weight is 487 g/mol. The Kier molecular flexibility index (Phi) is 6.87. The van der Waals surface area contributed by atoms with Crippen LogP contribution in [0.4, 0.5) is 11.5 Å². The number of hydrogen-bond acceptors (Lipinski definition) is 8. The van der Waals surface area contributed by atoms with Gasteiger partial charge in [0.2, 0.25) is 5.91 Å². The van der Waals surface area contributed by atoms with Gasteiger partial charge < -0.3 is 16.8 Å². The van der Waals surface area contributed by atoms with Gasteiger partial charge >= 0.3 is 0 Å². The highest BCUT2D eigenvalue weighted by molar-refractivity contribution is 7.98. The zero-order chi connectivity index (χ0) is 24.1. The minimum absolute atomic E-state index is 0.0449. The van der Waals surface area contributed by atoms with Crippen LogP contribution in [0.1, 0.15) is 32.0 Å². The van der Waals surface area contributed by atoms with Crippen LogP contribution in [0.2, 0.25) is 0 Å². The van der Waals surface area contributed by atoms with Crippen LogP contribution >= 0.6 is 23.1 Å². The number of para-hydroxylation sites is 1. The number of carbonyl (C=O) groups is 2. The number of nitrogens with zero attached hydrogens (tertiary/aromatic N) is 3. The Bertz CT molecular complexity index is 1400. The third-order valence-corrected chi connectivity index (χ3v) is 6.70. The van der Waals surface area contributed by atoms with Gasteiger partial charge in [0.1, 0.15) is 21.9 Å². The van der Waals surface area contributed by atoms with E-state index in [1.807, 2.05) is 11.4 Å². The van der Waals surface area contributed by atoms with Gasteiger partial charge in [-0.3, -0.25) is 9.59 Å². The summed E-state index contributed by atoms with van der Waals surface area (Å²) in [5.41, 5.74) is 14.5. The van der Waals surface area contributed by atoms with E-state index in [4.69, 9.17) is 11.5 Å². The molecule has 168 valence electrons. The minimum Gasteiger partial charge on any atom is -0.383 e. The molecular weight excluding hydrogens is 468 g/mol. The second-order valence-corrected chi connectivity index (χ2v) is 8.90. The van der Waals surface area contributed by atoms with Crippen molar-refractivity contribution < 1.29 is 9.59 Å². The van der Waals surface area contributed by atoms with Crippen molar-refractivity contribution in [3.05, 3.63) is 88.4 Å². The lowest BCUT2D eigenvalue weighted by Crippen LogP contribution is -2.15. The number of amides is 2. The molecule has 0 fully saturated rings. The fraction of sp³-hybridized carbons (Fsp3) is 0.0417. The zero-order valence-electron chi connectivity index (χ0n) is 17.7. The van der Waals surface area contributed by atoms with Gasteiger partial charge in [0.15, 0.2) is 0 Å². The summed E-state index contributed by atoms with van der Waals surface area (Å²) in [6.45, 7) is 0. The Balaban J connectivity index is 1.47. The van der Waals surface area contributed by atoms with Crippen molar-refractivity contribution in [2.75, 3.05) is 11.1 Å². The molecule has 5 N–H and O–H groups in total. The fourth-order valence-corrected chi connectivity index (χ4v) is 4.81. The Morgan fingerprint density at radius 2 is 1.82 bits per heavy atom. The topological polar surface area (TPSA) is 148 Å². The lowest BCUT2D eigenvalue weighted by molar-refractivity contribution is 0.0997. The molecular formula is C24H18N6O2S2. The van der Waals surface area contributed by atoms with E-state index in [9.17, 15) is 14.9 Å². The molecule has 8 nitrogen and oxygen atoms in total. The van der Waals surface area contributed by atoms with Crippen LogP contribution in [0.5, 0.6) is 0 Å². The monoisotopic (exact) mass is 486 g/mol. The highest BCUT2D eigenvalue weighted by Crippen LogP contribution is 2.30. The van der Waals surface area contributed by atoms with E-state index in [-0.39, 0.29) is 16.9 Å². The van der Waals surface area contributed by atoms with Crippen LogP contribution in [0, 0.1) is 11.3 Å². The lowest BCUT2D eigenvalue weighted by atomic mass is 10.1. The van der Waals surface area contributed by atoms with Crippen molar-refractivity contribution >= 4 is 46.4 Å². The number of nitrogens with two attached hydrogens (primary N) is 2. The summed E-state index contributed by atoms with van der Waals surface area (Å²) >= 11 is 2.78. The predicted molar refractivity (Wildman–Crippen MR) is 133 cm³/mol. The van der Waals surface area contributed by atoms with Crippen molar-refractivity contribution in [2.45, 2.75) is 10.8 Å². The van der Waals surface area contributed by atoms with Crippen LogP contribution < -0.4 is 16.8 Å². The average Bonchev–Trinajstić information content (AvgIpc) is 3.32. The molecule has 0 saturated heterocycles. The standard InChI is InChI=1S/C24H18N6O2S2/c25-11-16-10-19(22(32)28-17-4-2-1-3-5-17)20(26)30-24(16)34-13-18-12-33-23(29-18)15-8-6-14(7-9-15)21(27)31/h1-10,12H,13H2,(H2,26,30)(H2,27,31)(H,28,32). The summed E-state index contributed by atoms with van der Waals surface area (Å²) < 4.78 is 0. The van der Waals surface area contributed by atoms with Crippen molar-refractivity contribution in [3.63, 3.8) is 0 Å². The summed E-state index contributed by atoms with van der Waals surface area (Å²) in [5.74, 6) is -0.405. The molecule has 2 aromatic carbocycles. The first-order valence-corrected chi connectivity index (χ1v) is 11.9. The first-order valence-electron chi connectivity index (χ1n) is 9.99. The Hall–Kier alpha value is -4.20. The molecule has 0 bridgehead atoms. The highest BCUT2D eigenvalue weighted by atomic mass is 32.2. The summed E-state index contributed by atoms with van der Waals surface area (Å²) in [7, 11) is 0. The molecule has 2 aromatic heterocycles. The number of pyridine rings is 1. The molecule has 0 aliphatic heterocycles. The number of benzene rings is 2. The number of nitrogens with one attached hydrogen (secondary N) is 1. The van der Waals surface area contributed by atoms with Crippen LogP contribution in [0.15, 0.2) is 71.1 Å². The SMILES string of the molecule is N#Cc1cc(C(=O)Nc2ccccc2)c(N)nc1SCc1csc(-c2ccc(C(N)=O)cc2)n1. The van der Waals surface area contributed by atoms with Gasteiger partial charge in [-0.25, -0.2) is 9.97 Å². The first-order chi connectivity index (χ1) is 16.4. The number of aromatic nitrogens is 2. The number of rotatable bonds is 7. The largest absolute Gasteiger partial charge is 0.383 e. The third-order valence-electron chi connectivity index (χ3n) is 4.74. The maximum Gasteiger partial charge on any atom is 0.259 e. The van der Waals surface area contributed by atoms with Crippen LogP contribution in [0.3, 0.4) is 0 Å². The normalized spacial score (nSPS) is 10.4. The second kappa shape index (κ2) is 10.2. The Morgan fingerprint density at radius 1 is 1.09 bits per heavy atom. The summed E-state index contributed by atoms with van der Waals surface area (Å²) in [4.78, 5) is 32.8. The minimum atomic E-state index is -0.480. The number of nitriles is 1. The van der Waals surface area contributed by atoms with Crippen LogP contribution in [-0.4, -0.2) is 21.8 Å². The van der Waals surface area contributed by atoms with Gasteiger partial charge in [-0.1, -0.05) is 42.1 Å². The molecule has 0 saturated carbocycles. The van der Waals surface area contributed by atoms with Crippen molar-refractivity contribution in [3.8, 4) is 16.6 Å². The molecule has 2 amide bonds. The number of carbonyl (C=O) groups excluding carboxylic acids is 2. The van der Waals surface area contributed by atoms with E-state index < -0.39 is 11.8 Å². The molecule has 34 heavy (non-hydrogen) atoms. The molecule has 2 heterocycles. The maximum absolute atomic E-state index is 12.6. The van der Waals surface area contributed by atoms with E-state index in [1.54, 1.807) is 48.5 Å². The summed E-state index contributed by atoms with van der Waals surface area (Å²) in [6.07, 6.45) is 0. The first kappa shape index (κ1) is 23.0. The molecule has 0 spiro atoms. The van der Waals surface area contributed by atoms with Crippen molar-refractivity contribution in [1.82, 2.24) is 9.97 Å². The van der Waals surface area contributed by atoms with Gasteiger partial charge in [-0.05, 0) is 30.3 Å². The number of thioether (sulfide) groups is 1. The van der Waals surface area contributed by atoms with Gasteiger partial charge in [0.25, 0.3) is 5.91 Å². The van der Waals surface area contributed by atoms with Crippen LogP contribution in [0.25, 0.3) is 10.6 Å². The van der Waals surface area contributed by atoms with E-state index in [0.717, 1.165) is 16.3 Å². The quantitative estimate of drug-likeness (QED) is 0.330. The van der Waals surface area contributed by atoms with E-state index in [2.05, 4.69) is 21.4 Å². The molecule has 0 radical (unpaired) electrons. The molecule has 10 heteroatoms. The van der Waals surface area contributed by atoms with Gasteiger partial charge in [-0.15, -0.1) is 11.3 Å². The maximum atomic E-state index is 12.6. The summed E-state index contributed by atoms with van der Waals surface area (Å²) in [5, 5.41) is 15.5. The van der Waals surface area contributed by atoms with Crippen molar-refractivity contribution in [2.24, 2.45) is 5.73 Å². The predicted octanol–water partition coefficient (Wildman–Crippen LogP) is 4.30. The van der Waals surface area contributed by atoms with Gasteiger partial charge in [0, 0.05) is 27.9 Å².